The number of aryl methyl sites for hydroxylation is 1. The number of anilines is 1. The van der Waals surface area contributed by atoms with Crippen LogP contribution >= 0.6 is 0 Å². The number of para-hydroxylation sites is 1. The number of benzene rings is 3. The Morgan fingerprint density at radius 2 is 1.74 bits per heavy atom. The van der Waals surface area contributed by atoms with Crippen LogP contribution in [0.5, 0.6) is 11.5 Å². The molecule has 31 heavy (non-hydrogen) atoms. The summed E-state index contributed by atoms with van der Waals surface area (Å²) in [7, 11) is 0. The van der Waals surface area contributed by atoms with Crippen molar-refractivity contribution in [1.82, 2.24) is 9.55 Å². The molecule has 0 aliphatic rings. The Morgan fingerprint density at radius 1 is 0.968 bits per heavy atom. The molecule has 156 valence electrons. The maximum absolute atomic E-state index is 6.11. The lowest BCUT2D eigenvalue weighted by Crippen LogP contribution is -2.22. The third-order valence-electron chi connectivity index (χ3n) is 4.79. The molecule has 0 radical (unpaired) electrons. The predicted octanol–water partition coefficient (Wildman–Crippen LogP) is 4.96. The SMILES string of the molecule is Cc1nccn1Cc1cccc(CN=C(N)Nc2cccc(Oc3ccccc3)c2)c1. The van der Waals surface area contributed by atoms with Gasteiger partial charge in [-0.3, -0.25) is 0 Å². The fourth-order valence-corrected chi connectivity index (χ4v) is 3.22. The van der Waals surface area contributed by atoms with Gasteiger partial charge in [0.1, 0.15) is 17.3 Å². The van der Waals surface area contributed by atoms with E-state index < -0.39 is 0 Å². The number of aromatic nitrogens is 2. The van der Waals surface area contributed by atoms with Crippen LogP contribution in [0, 0.1) is 6.92 Å². The van der Waals surface area contributed by atoms with E-state index in [1.54, 1.807) is 0 Å². The molecule has 0 spiro atoms. The van der Waals surface area contributed by atoms with E-state index in [2.05, 4.69) is 38.1 Å². The van der Waals surface area contributed by atoms with Gasteiger partial charge in [-0.15, -0.1) is 0 Å². The van der Waals surface area contributed by atoms with Crippen molar-refractivity contribution in [2.24, 2.45) is 10.7 Å². The first kappa shape index (κ1) is 20.2. The van der Waals surface area contributed by atoms with Gasteiger partial charge in [0.15, 0.2) is 5.96 Å². The summed E-state index contributed by atoms with van der Waals surface area (Å²) in [6.07, 6.45) is 3.80. The first-order valence-electron chi connectivity index (χ1n) is 10.1. The van der Waals surface area contributed by atoms with Gasteiger partial charge in [-0.1, -0.05) is 48.5 Å². The zero-order valence-corrected chi connectivity index (χ0v) is 17.4. The average Bonchev–Trinajstić information content (AvgIpc) is 3.18. The van der Waals surface area contributed by atoms with Crippen molar-refractivity contribution in [2.75, 3.05) is 5.32 Å². The van der Waals surface area contributed by atoms with Crippen LogP contribution in [0.15, 0.2) is 96.2 Å². The highest BCUT2D eigenvalue weighted by atomic mass is 16.5. The molecule has 3 N–H and O–H groups in total. The molecule has 4 aromatic rings. The summed E-state index contributed by atoms with van der Waals surface area (Å²) in [4.78, 5) is 8.75. The molecule has 1 heterocycles. The van der Waals surface area contributed by atoms with Crippen LogP contribution in [0.25, 0.3) is 0 Å². The average molecular weight is 412 g/mol. The quantitative estimate of drug-likeness (QED) is 0.333. The monoisotopic (exact) mass is 411 g/mol. The number of nitrogens with two attached hydrogens (primary N) is 1. The Kier molecular flexibility index (Phi) is 6.28. The van der Waals surface area contributed by atoms with Gasteiger partial charge in [0.25, 0.3) is 0 Å². The van der Waals surface area contributed by atoms with E-state index in [4.69, 9.17) is 10.5 Å². The Labute approximate surface area is 182 Å². The second-order valence-corrected chi connectivity index (χ2v) is 7.19. The first-order chi connectivity index (χ1) is 15.2. The van der Waals surface area contributed by atoms with Gasteiger partial charge in [-0.2, -0.15) is 0 Å². The molecule has 0 amide bonds. The van der Waals surface area contributed by atoms with Crippen molar-refractivity contribution in [1.29, 1.82) is 0 Å². The summed E-state index contributed by atoms with van der Waals surface area (Å²) in [5, 5.41) is 3.13. The number of imidazole rings is 1. The van der Waals surface area contributed by atoms with Crippen LogP contribution < -0.4 is 15.8 Å². The molecule has 6 heteroatoms. The Balaban J connectivity index is 1.37. The third kappa shape index (κ3) is 5.73. The van der Waals surface area contributed by atoms with Gasteiger partial charge in [0, 0.05) is 30.7 Å². The lowest BCUT2D eigenvalue weighted by atomic mass is 10.1. The number of ether oxygens (including phenoxy) is 1. The number of guanidine groups is 1. The van der Waals surface area contributed by atoms with Crippen LogP contribution in [0.3, 0.4) is 0 Å². The molecule has 0 saturated heterocycles. The van der Waals surface area contributed by atoms with E-state index >= 15 is 0 Å². The van der Waals surface area contributed by atoms with E-state index in [1.165, 1.54) is 5.56 Å². The lowest BCUT2D eigenvalue weighted by Gasteiger charge is -2.10. The summed E-state index contributed by atoms with van der Waals surface area (Å²) in [6, 6.07) is 25.6. The molecular formula is C25H25N5O. The predicted molar refractivity (Wildman–Crippen MR) is 124 cm³/mol. The standard InChI is InChI=1S/C25H25N5O/c1-19-27-13-14-30(19)18-21-8-5-7-20(15-21)17-28-25(26)29-22-9-6-12-24(16-22)31-23-10-3-2-4-11-23/h2-16H,17-18H2,1H3,(H3,26,28,29). The maximum atomic E-state index is 6.11. The zero-order valence-electron chi connectivity index (χ0n) is 17.4. The molecule has 1 aromatic heterocycles. The number of nitrogens with one attached hydrogen (secondary N) is 1. The Hall–Kier alpha value is -4.06. The molecule has 0 aliphatic carbocycles. The summed E-state index contributed by atoms with van der Waals surface area (Å²) < 4.78 is 7.98. The molecule has 0 saturated carbocycles. The highest BCUT2D eigenvalue weighted by Gasteiger charge is 2.02. The summed E-state index contributed by atoms with van der Waals surface area (Å²) in [5.74, 6) is 2.86. The van der Waals surface area contributed by atoms with Crippen molar-refractivity contribution in [3.8, 4) is 11.5 Å². The largest absolute Gasteiger partial charge is 0.457 e. The minimum absolute atomic E-state index is 0.354. The molecule has 0 unspecified atom stereocenters. The molecule has 3 aromatic carbocycles. The van der Waals surface area contributed by atoms with Crippen molar-refractivity contribution in [3.05, 3.63) is 108 Å². The second-order valence-electron chi connectivity index (χ2n) is 7.19. The van der Waals surface area contributed by atoms with E-state index in [0.717, 1.165) is 35.1 Å². The first-order valence-corrected chi connectivity index (χ1v) is 10.1. The van der Waals surface area contributed by atoms with Crippen LogP contribution in [0.4, 0.5) is 5.69 Å². The van der Waals surface area contributed by atoms with Gasteiger partial charge >= 0.3 is 0 Å². The summed E-state index contributed by atoms with van der Waals surface area (Å²) in [5.41, 5.74) is 9.23. The van der Waals surface area contributed by atoms with Crippen molar-refractivity contribution >= 4 is 11.6 Å². The summed E-state index contributed by atoms with van der Waals surface area (Å²) in [6.45, 7) is 3.28. The molecular weight excluding hydrogens is 386 g/mol. The van der Waals surface area contributed by atoms with E-state index in [9.17, 15) is 0 Å². The topological polar surface area (TPSA) is 77.5 Å². The minimum Gasteiger partial charge on any atom is -0.457 e. The highest BCUT2D eigenvalue weighted by Crippen LogP contribution is 2.23. The van der Waals surface area contributed by atoms with Crippen LogP contribution in [0.1, 0.15) is 17.0 Å². The van der Waals surface area contributed by atoms with Crippen LogP contribution in [-0.4, -0.2) is 15.5 Å². The van der Waals surface area contributed by atoms with Crippen molar-refractivity contribution in [3.63, 3.8) is 0 Å². The maximum Gasteiger partial charge on any atom is 0.193 e. The van der Waals surface area contributed by atoms with E-state index in [1.807, 2.05) is 80.0 Å². The highest BCUT2D eigenvalue weighted by molar-refractivity contribution is 5.92. The fourth-order valence-electron chi connectivity index (χ4n) is 3.22. The van der Waals surface area contributed by atoms with Gasteiger partial charge in [0.05, 0.1) is 6.54 Å². The number of rotatable bonds is 7. The number of nitrogens with zero attached hydrogens (tertiary/aromatic N) is 3. The zero-order chi connectivity index (χ0) is 21.5. The molecule has 4 rings (SSSR count). The fraction of sp³-hybridized carbons (Fsp3) is 0.120. The van der Waals surface area contributed by atoms with Gasteiger partial charge < -0.3 is 20.4 Å². The lowest BCUT2D eigenvalue weighted by molar-refractivity contribution is 0.483. The molecule has 0 bridgehead atoms. The molecule has 0 fully saturated rings. The molecule has 0 aliphatic heterocycles. The normalized spacial score (nSPS) is 11.3. The second kappa shape index (κ2) is 9.63. The van der Waals surface area contributed by atoms with E-state index in [-0.39, 0.29) is 0 Å². The van der Waals surface area contributed by atoms with Crippen LogP contribution in [-0.2, 0) is 13.1 Å². The third-order valence-corrected chi connectivity index (χ3v) is 4.79. The van der Waals surface area contributed by atoms with Crippen molar-refractivity contribution in [2.45, 2.75) is 20.0 Å². The van der Waals surface area contributed by atoms with Gasteiger partial charge in [-0.25, -0.2) is 9.98 Å². The van der Waals surface area contributed by atoms with Gasteiger partial charge in [0.2, 0.25) is 0 Å². The molecule has 6 nitrogen and oxygen atoms in total. The van der Waals surface area contributed by atoms with E-state index in [0.29, 0.717) is 12.5 Å². The summed E-state index contributed by atoms with van der Waals surface area (Å²) >= 11 is 0. The minimum atomic E-state index is 0.354. The Morgan fingerprint density at radius 3 is 2.55 bits per heavy atom. The Bertz CT molecular complexity index is 1170. The number of hydrogen-bond donors (Lipinski definition) is 2. The molecule has 0 atom stereocenters. The van der Waals surface area contributed by atoms with Crippen LogP contribution in [0.2, 0.25) is 0 Å². The van der Waals surface area contributed by atoms with Gasteiger partial charge in [-0.05, 0) is 42.3 Å². The smallest absolute Gasteiger partial charge is 0.193 e. The number of hydrogen-bond acceptors (Lipinski definition) is 3. The number of aliphatic imine (C=N–C) groups is 1. The van der Waals surface area contributed by atoms with Crippen molar-refractivity contribution < 1.29 is 4.74 Å².